The van der Waals surface area contributed by atoms with Gasteiger partial charge in [0.2, 0.25) is 0 Å². The molecule has 3 rings (SSSR count). The van der Waals surface area contributed by atoms with E-state index in [9.17, 15) is 0 Å². The maximum absolute atomic E-state index is 6.73. The molecule has 2 aliphatic rings. The van der Waals surface area contributed by atoms with Crippen LogP contribution in [0, 0.1) is 12.8 Å². The van der Waals surface area contributed by atoms with Crippen molar-refractivity contribution in [1.82, 2.24) is 0 Å². The van der Waals surface area contributed by atoms with Gasteiger partial charge < -0.3 is 10.5 Å². The number of halogens is 1. The quantitative estimate of drug-likeness (QED) is 0.854. The molecule has 116 valence electrons. The molecule has 2 fully saturated rings. The van der Waals surface area contributed by atoms with Gasteiger partial charge in [-0.15, -0.1) is 0 Å². The fourth-order valence-corrected chi connectivity index (χ4v) is 3.89. The van der Waals surface area contributed by atoms with Gasteiger partial charge in [-0.1, -0.05) is 43.4 Å². The molecule has 0 saturated heterocycles. The highest BCUT2D eigenvalue weighted by Crippen LogP contribution is 2.43. The molecule has 0 spiro atoms. The topological polar surface area (TPSA) is 35.2 Å². The molecule has 0 unspecified atom stereocenters. The Morgan fingerprint density at radius 3 is 2.52 bits per heavy atom. The van der Waals surface area contributed by atoms with Crippen LogP contribution >= 0.6 is 11.6 Å². The van der Waals surface area contributed by atoms with E-state index in [0.717, 1.165) is 35.8 Å². The largest absolute Gasteiger partial charge is 0.491 e. The lowest BCUT2D eigenvalue weighted by Gasteiger charge is -2.36. The minimum absolute atomic E-state index is 0.261. The van der Waals surface area contributed by atoms with E-state index < -0.39 is 0 Å². The van der Waals surface area contributed by atoms with Crippen LogP contribution in [-0.2, 0) is 5.54 Å². The highest BCUT2D eigenvalue weighted by Gasteiger charge is 2.33. The lowest BCUT2D eigenvalue weighted by Crippen LogP contribution is -2.39. The molecule has 0 aromatic heterocycles. The standard InChI is InChI=1S/C18H26ClNO/c1-13-10-15(18(20)8-3-2-4-9-18)17(16(19)11-13)21-12-14-6-5-7-14/h10-11,14H,2-9,12,20H2,1H3. The molecule has 2 nitrogen and oxygen atoms in total. The lowest BCUT2D eigenvalue weighted by atomic mass is 9.76. The number of hydrogen-bond donors (Lipinski definition) is 1. The Morgan fingerprint density at radius 2 is 1.90 bits per heavy atom. The molecule has 0 heterocycles. The predicted molar refractivity (Wildman–Crippen MR) is 88.0 cm³/mol. The van der Waals surface area contributed by atoms with Crippen molar-refractivity contribution in [2.45, 2.75) is 63.8 Å². The summed E-state index contributed by atoms with van der Waals surface area (Å²) < 4.78 is 6.13. The third-order valence-electron chi connectivity index (χ3n) is 5.16. The van der Waals surface area contributed by atoms with Gasteiger partial charge in [0, 0.05) is 11.1 Å². The van der Waals surface area contributed by atoms with Crippen LogP contribution in [0.2, 0.25) is 5.02 Å². The predicted octanol–water partition coefficient (Wildman–Crippen LogP) is 4.95. The summed E-state index contributed by atoms with van der Waals surface area (Å²) in [5, 5.41) is 0.722. The van der Waals surface area contributed by atoms with Crippen LogP contribution in [0.25, 0.3) is 0 Å². The summed E-state index contributed by atoms with van der Waals surface area (Å²) in [6.07, 6.45) is 9.66. The Kier molecular flexibility index (Phi) is 4.46. The number of ether oxygens (including phenoxy) is 1. The summed E-state index contributed by atoms with van der Waals surface area (Å²) in [5.41, 5.74) is 8.77. The highest BCUT2D eigenvalue weighted by molar-refractivity contribution is 6.32. The van der Waals surface area contributed by atoms with Gasteiger partial charge in [-0.25, -0.2) is 0 Å². The zero-order valence-corrected chi connectivity index (χ0v) is 13.7. The molecule has 0 aliphatic heterocycles. The fourth-order valence-electron chi connectivity index (χ4n) is 3.56. The number of nitrogens with two attached hydrogens (primary N) is 1. The first kappa shape index (κ1) is 15.2. The summed E-state index contributed by atoms with van der Waals surface area (Å²) >= 11 is 6.48. The van der Waals surface area contributed by atoms with Crippen molar-refractivity contribution in [1.29, 1.82) is 0 Å². The third kappa shape index (κ3) is 3.22. The van der Waals surface area contributed by atoms with E-state index in [1.165, 1.54) is 44.1 Å². The molecular weight excluding hydrogens is 282 g/mol. The van der Waals surface area contributed by atoms with Crippen LogP contribution in [0.1, 0.15) is 62.5 Å². The van der Waals surface area contributed by atoms with E-state index in [-0.39, 0.29) is 5.54 Å². The van der Waals surface area contributed by atoms with Gasteiger partial charge in [0.1, 0.15) is 5.75 Å². The molecule has 0 radical (unpaired) electrons. The molecular formula is C18H26ClNO. The van der Waals surface area contributed by atoms with Crippen LogP contribution in [0.3, 0.4) is 0 Å². The van der Waals surface area contributed by atoms with Gasteiger partial charge in [0.15, 0.2) is 0 Å². The Labute approximate surface area is 133 Å². The molecule has 2 saturated carbocycles. The van der Waals surface area contributed by atoms with E-state index in [0.29, 0.717) is 5.92 Å². The number of benzene rings is 1. The maximum atomic E-state index is 6.73. The molecule has 3 heteroatoms. The van der Waals surface area contributed by atoms with Crippen molar-refractivity contribution < 1.29 is 4.74 Å². The third-order valence-corrected chi connectivity index (χ3v) is 5.44. The molecule has 1 aromatic rings. The van der Waals surface area contributed by atoms with Crippen LogP contribution in [0.4, 0.5) is 0 Å². The van der Waals surface area contributed by atoms with Gasteiger partial charge >= 0.3 is 0 Å². The van der Waals surface area contributed by atoms with E-state index in [4.69, 9.17) is 22.1 Å². The Morgan fingerprint density at radius 1 is 1.19 bits per heavy atom. The van der Waals surface area contributed by atoms with Crippen LogP contribution in [0.5, 0.6) is 5.75 Å². The van der Waals surface area contributed by atoms with Crippen molar-refractivity contribution in [3.63, 3.8) is 0 Å². The number of hydrogen-bond acceptors (Lipinski definition) is 2. The van der Waals surface area contributed by atoms with Gasteiger partial charge in [0.05, 0.1) is 11.6 Å². The van der Waals surface area contributed by atoms with E-state index in [1.807, 2.05) is 6.07 Å². The van der Waals surface area contributed by atoms with Crippen LogP contribution in [0.15, 0.2) is 12.1 Å². The van der Waals surface area contributed by atoms with Crippen LogP contribution < -0.4 is 10.5 Å². The first-order valence-corrected chi connectivity index (χ1v) is 8.68. The summed E-state index contributed by atoms with van der Waals surface area (Å²) in [6.45, 7) is 2.86. The average Bonchev–Trinajstić information content (AvgIpc) is 2.39. The molecule has 1 aromatic carbocycles. The zero-order chi connectivity index (χ0) is 14.9. The van der Waals surface area contributed by atoms with Gasteiger partial charge in [0.25, 0.3) is 0 Å². The molecule has 0 bridgehead atoms. The first-order valence-electron chi connectivity index (χ1n) is 8.31. The Balaban J connectivity index is 1.88. The summed E-state index contributed by atoms with van der Waals surface area (Å²) in [4.78, 5) is 0. The summed E-state index contributed by atoms with van der Waals surface area (Å²) in [7, 11) is 0. The Bertz CT molecular complexity index is 504. The van der Waals surface area contributed by atoms with Crippen molar-refractivity contribution in [2.24, 2.45) is 11.7 Å². The van der Waals surface area contributed by atoms with E-state index in [1.54, 1.807) is 0 Å². The molecule has 0 amide bonds. The molecule has 2 N–H and O–H groups in total. The fraction of sp³-hybridized carbons (Fsp3) is 0.667. The van der Waals surface area contributed by atoms with Crippen LogP contribution in [-0.4, -0.2) is 6.61 Å². The normalized spacial score (nSPS) is 21.9. The second kappa shape index (κ2) is 6.18. The zero-order valence-electron chi connectivity index (χ0n) is 13.0. The molecule has 21 heavy (non-hydrogen) atoms. The number of rotatable bonds is 4. The van der Waals surface area contributed by atoms with Crippen molar-refractivity contribution >= 4 is 11.6 Å². The van der Waals surface area contributed by atoms with Crippen molar-refractivity contribution in [3.8, 4) is 5.75 Å². The average molecular weight is 308 g/mol. The summed E-state index contributed by atoms with van der Waals surface area (Å²) in [6, 6.07) is 4.18. The van der Waals surface area contributed by atoms with E-state index in [2.05, 4.69) is 13.0 Å². The summed E-state index contributed by atoms with van der Waals surface area (Å²) in [5.74, 6) is 1.55. The van der Waals surface area contributed by atoms with Gasteiger partial charge in [-0.3, -0.25) is 0 Å². The minimum Gasteiger partial charge on any atom is -0.491 e. The monoisotopic (exact) mass is 307 g/mol. The van der Waals surface area contributed by atoms with Gasteiger partial charge in [-0.05, 0) is 50.2 Å². The maximum Gasteiger partial charge on any atom is 0.142 e. The number of aryl methyl sites for hydroxylation is 1. The SMILES string of the molecule is Cc1cc(Cl)c(OCC2CCC2)c(C2(N)CCCCC2)c1. The second-order valence-corrected chi connectivity index (χ2v) is 7.36. The molecule has 0 atom stereocenters. The smallest absolute Gasteiger partial charge is 0.142 e. The molecule has 2 aliphatic carbocycles. The lowest BCUT2D eigenvalue weighted by molar-refractivity contribution is 0.175. The first-order chi connectivity index (χ1) is 10.1. The highest BCUT2D eigenvalue weighted by atomic mass is 35.5. The van der Waals surface area contributed by atoms with Gasteiger partial charge in [-0.2, -0.15) is 0 Å². The van der Waals surface area contributed by atoms with E-state index >= 15 is 0 Å². The minimum atomic E-state index is -0.261. The second-order valence-electron chi connectivity index (χ2n) is 6.95. The van der Waals surface area contributed by atoms with Crippen molar-refractivity contribution in [3.05, 3.63) is 28.3 Å². The Hall–Kier alpha value is -0.730. The van der Waals surface area contributed by atoms with Crippen molar-refractivity contribution in [2.75, 3.05) is 6.61 Å².